The monoisotopic (exact) mass is 319 g/mol. The van der Waals surface area contributed by atoms with E-state index in [0.29, 0.717) is 24.1 Å². The van der Waals surface area contributed by atoms with Crippen molar-refractivity contribution in [1.82, 2.24) is 4.90 Å². The highest BCUT2D eigenvalue weighted by Gasteiger charge is 2.16. The van der Waals surface area contributed by atoms with E-state index in [1.807, 2.05) is 35.2 Å². The summed E-state index contributed by atoms with van der Waals surface area (Å²) in [4.78, 5) is 19.2. The van der Waals surface area contributed by atoms with Gasteiger partial charge >= 0.3 is 0 Å². The van der Waals surface area contributed by atoms with E-state index in [4.69, 9.17) is 10.6 Å². The Morgan fingerprint density at radius 1 is 1.13 bits per heavy atom. The van der Waals surface area contributed by atoms with Crippen LogP contribution in [0.25, 0.3) is 0 Å². The third kappa shape index (κ3) is 8.24. The van der Waals surface area contributed by atoms with Gasteiger partial charge in [-0.1, -0.05) is 63.2 Å². The molecule has 23 heavy (non-hydrogen) atoms. The molecule has 0 aliphatic rings. The van der Waals surface area contributed by atoms with Crippen LogP contribution in [0.15, 0.2) is 35.5 Å². The first-order valence-electron chi connectivity index (χ1n) is 8.14. The minimum atomic E-state index is -0.0745. The SMILES string of the molecule is CC(C)CN(CC(C)C)C(=O)CO/N=C(/N)Cc1ccccc1. The van der Waals surface area contributed by atoms with Crippen molar-refractivity contribution in [3.63, 3.8) is 0 Å². The number of nitrogens with zero attached hydrogens (tertiary/aromatic N) is 2. The number of hydrogen-bond donors (Lipinski definition) is 1. The van der Waals surface area contributed by atoms with Crippen LogP contribution in [0.5, 0.6) is 0 Å². The van der Waals surface area contributed by atoms with Crippen LogP contribution in [0.3, 0.4) is 0 Å². The van der Waals surface area contributed by atoms with Crippen molar-refractivity contribution in [3.8, 4) is 0 Å². The first-order valence-corrected chi connectivity index (χ1v) is 8.14. The zero-order valence-electron chi connectivity index (χ0n) is 14.7. The van der Waals surface area contributed by atoms with E-state index in [-0.39, 0.29) is 12.5 Å². The molecule has 0 atom stereocenters. The van der Waals surface area contributed by atoms with Crippen LogP contribution in [0.2, 0.25) is 0 Å². The molecule has 0 bridgehead atoms. The Labute approximate surface area is 139 Å². The van der Waals surface area contributed by atoms with Crippen LogP contribution >= 0.6 is 0 Å². The van der Waals surface area contributed by atoms with Gasteiger partial charge in [-0.3, -0.25) is 4.79 Å². The Morgan fingerprint density at radius 3 is 2.22 bits per heavy atom. The number of rotatable bonds is 9. The summed E-state index contributed by atoms with van der Waals surface area (Å²) in [7, 11) is 0. The summed E-state index contributed by atoms with van der Waals surface area (Å²) in [5.74, 6) is 1.15. The Morgan fingerprint density at radius 2 is 1.70 bits per heavy atom. The van der Waals surface area contributed by atoms with Crippen molar-refractivity contribution in [2.45, 2.75) is 34.1 Å². The maximum Gasteiger partial charge on any atom is 0.263 e. The molecule has 0 unspecified atom stereocenters. The highest BCUT2D eigenvalue weighted by Crippen LogP contribution is 2.05. The number of carbonyl (C=O) groups is 1. The van der Waals surface area contributed by atoms with Crippen molar-refractivity contribution in [2.75, 3.05) is 19.7 Å². The third-order valence-electron chi connectivity index (χ3n) is 3.12. The quantitative estimate of drug-likeness (QED) is 0.432. The van der Waals surface area contributed by atoms with Gasteiger partial charge in [0.2, 0.25) is 0 Å². The molecule has 0 saturated carbocycles. The fraction of sp³-hybridized carbons (Fsp3) is 0.556. The minimum absolute atomic E-state index is 0.0522. The molecule has 5 heteroatoms. The van der Waals surface area contributed by atoms with Crippen molar-refractivity contribution >= 4 is 11.7 Å². The standard InChI is InChI=1S/C18H29N3O2/c1-14(2)11-21(12-15(3)4)18(22)13-23-20-17(19)10-16-8-6-5-7-9-16/h5-9,14-15H,10-13H2,1-4H3,(H2,19,20). The van der Waals surface area contributed by atoms with E-state index < -0.39 is 0 Å². The second kappa shape index (κ2) is 9.87. The average Bonchev–Trinajstić information content (AvgIpc) is 2.46. The van der Waals surface area contributed by atoms with Crippen molar-refractivity contribution in [3.05, 3.63) is 35.9 Å². The van der Waals surface area contributed by atoms with Gasteiger partial charge in [-0.25, -0.2) is 0 Å². The van der Waals surface area contributed by atoms with Gasteiger partial charge < -0.3 is 15.5 Å². The van der Waals surface area contributed by atoms with Gasteiger partial charge in [-0.05, 0) is 17.4 Å². The number of hydrogen-bond acceptors (Lipinski definition) is 3. The van der Waals surface area contributed by atoms with Gasteiger partial charge in [-0.2, -0.15) is 0 Å². The summed E-state index contributed by atoms with van der Waals surface area (Å²) < 4.78 is 0. The molecule has 0 spiro atoms. The average molecular weight is 319 g/mol. The van der Waals surface area contributed by atoms with Crippen molar-refractivity contribution in [2.24, 2.45) is 22.7 Å². The summed E-state index contributed by atoms with van der Waals surface area (Å²) in [5, 5.41) is 3.85. The molecule has 0 saturated heterocycles. The molecule has 2 N–H and O–H groups in total. The molecule has 0 heterocycles. The molecule has 0 aliphatic carbocycles. The molecule has 1 aromatic rings. The van der Waals surface area contributed by atoms with Gasteiger partial charge in [0, 0.05) is 19.5 Å². The summed E-state index contributed by atoms with van der Waals surface area (Å²) >= 11 is 0. The predicted octanol–water partition coefficient (Wildman–Crippen LogP) is 2.66. The largest absolute Gasteiger partial charge is 0.384 e. The zero-order chi connectivity index (χ0) is 17.2. The summed E-state index contributed by atoms with van der Waals surface area (Å²) in [6.45, 7) is 9.76. The molecule has 0 aromatic heterocycles. The van der Waals surface area contributed by atoms with Gasteiger partial charge in [0.1, 0.15) is 5.84 Å². The molecule has 1 amide bonds. The first kappa shape index (κ1) is 19.0. The molecule has 5 nitrogen and oxygen atoms in total. The molecular formula is C18H29N3O2. The molecule has 0 fully saturated rings. The van der Waals surface area contributed by atoms with E-state index >= 15 is 0 Å². The number of amidine groups is 1. The fourth-order valence-corrected chi connectivity index (χ4v) is 2.26. The molecular weight excluding hydrogens is 290 g/mol. The van der Waals surface area contributed by atoms with Crippen molar-refractivity contribution in [1.29, 1.82) is 0 Å². The maximum atomic E-state index is 12.2. The predicted molar refractivity (Wildman–Crippen MR) is 94.0 cm³/mol. The second-order valence-electron chi connectivity index (χ2n) is 6.60. The highest BCUT2D eigenvalue weighted by molar-refractivity contribution is 5.82. The first-order chi connectivity index (χ1) is 10.9. The van der Waals surface area contributed by atoms with E-state index in [1.54, 1.807) is 0 Å². The third-order valence-corrected chi connectivity index (χ3v) is 3.12. The van der Waals surface area contributed by atoms with E-state index in [1.165, 1.54) is 0 Å². The molecule has 128 valence electrons. The van der Waals surface area contributed by atoms with Gasteiger partial charge in [0.05, 0.1) is 0 Å². The van der Waals surface area contributed by atoms with Crippen LogP contribution in [-0.2, 0) is 16.1 Å². The van der Waals surface area contributed by atoms with Crippen LogP contribution in [0, 0.1) is 11.8 Å². The van der Waals surface area contributed by atoms with Crippen LogP contribution < -0.4 is 5.73 Å². The highest BCUT2D eigenvalue weighted by atomic mass is 16.6. The lowest BCUT2D eigenvalue weighted by Gasteiger charge is -2.25. The van der Waals surface area contributed by atoms with Gasteiger partial charge in [0.15, 0.2) is 6.61 Å². The number of amides is 1. The van der Waals surface area contributed by atoms with Crippen LogP contribution in [0.4, 0.5) is 0 Å². The Kier molecular flexibility index (Phi) is 8.16. The Bertz CT molecular complexity index is 488. The van der Waals surface area contributed by atoms with Gasteiger partial charge in [0.25, 0.3) is 5.91 Å². The number of oxime groups is 1. The van der Waals surface area contributed by atoms with Crippen molar-refractivity contribution < 1.29 is 9.63 Å². The maximum absolute atomic E-state index is 12.2. The number of nitrogens with two attached hydrogens (primary N) is 1. The lowest BCUT2D eigenvalue weighted by Crippen LogP contribution is -2.39. The number of benzene rings is 1. The molecule has 0 radical (unpaired) electrons. The zero-order valence-corrected chi connectivity index (χ0v) is 14.7. The fourth-order valence-electron chi connectivity index (χ4n) is 2.26. The smallest absolute Gasteiger partial charge is 0.263 e. The van der Waals surface area contributed by atoms with E-state index in [9.17, 15) is 4.79 Å². The minimum Gasteiger partial charge on any atom is -0.384 e. The van der Waals surface area contributed by atoms with Gasteiger partial charge in [-0.15, -0.1) is 0 Å². The van der Waals surface area contributed by atoms with Crippen LogP contribution in [-0.4, -0.2) is 36.3 Å². The number of carbonyl (C=O) groups excluding carboxylic acids is 1. The summed E-state index contributed by atoms with van der Waals surface area (Å²) in [6.07, 6.45) is 0.511. The summed E-state index contributed by atoms with van der Waals surface area (Å²) in [5.41, 5.74) is 6.89. The topological polar surface area (TPSA) is 67.9 Å². The normalized spacial score (nSPS) is 11.8. The lowest BCUT2D eigenvalue weighted by atomic mass is 10.1. The van der Waals surface area contributed by atoms with Crippen LogP contribution in [0.1, 0.15) is 33.3 Å². The lowest BCUT2D eigenvalue weighted by molar-refractivity contribution is -0.137. The summed E-state index contributed by atoms with van der Waals surface area (Å²) in [6, 6.07) is 9.79. The molecule has 1 aromatic carbocycles. The molecule has 0 aliphatic heterocycles. The second-order valence-corrected chi connectivity index (χ2v) is 6.60. The van der Waals surface area contributed by atoms with E-state index in [0.717, 1.165) is 18.7 Å². The molecule has 1 rings (SSSR count). The Balaban J connectivity index is 2.47. The Hall–Kier alpha value is -2.04. The van der Waals surface area contributed by atoms with E-state index in [2.05, 4.69) is 32.9 Å².